The molecule has 0 saturated heterocycles. The van der Waals surface area contributed by atoms with Crippen LogP contribution in [-0.2, 0) is 0 Å². The van der Waals surface area contributed by atoms with Gasteiger partial charge in [0.2, 0.25) is 0 Å². The second kappa shape index (κ2) is 3.58. The topological polar surface area (TPSA) is 37.3 Å². The second-order valence-corrected chi connectivity index (χ2v) is 2.96. The minimum absolute atomic E-state index is 0.0304. The van der Waals surface area contributed by atoms with Crippen LogP contribution in [0.2, 0.25) is 0 Å². The molecule has 0 fully saturated rings. The third-order valence-electron chi connectivity index (χ3n) is 1.44. The van der Waals surface area contributed by atoms with Crippen LogP contribution in [0.15, 0.2) is 17.0 Å². The van der Waals surface area contributed by atoms with Crippen molar-refractivity contribution in [2.45, 2.75) is 4.90 Å². The van der Waals surface area contributed by atoms with Gasteiger partial charge in [-0.3, -0.25) is 4.79 Å². The van der Waals surface area contributed by atoms with Gasteiger partial charge in [-0.2, -0.15) is 0 Å². The van der Waals surface area contributed by atoms with Gasteiger partial charge in [0, 0.05) is 0 Å². The van der Waals surface area contributed by atoms with E-state index in [0.29, 0.717) is 6.29 Å². The van der Waals surface area contributed by atoms with Crippen LogP contribution >= 0.6 is 11.8 Å². The maximum Gasteiger partial charge on any atom is 0.153 e. The van der Waals surface area contributed by atoms with Crippen LogP contribution in [0.25, 0.3) is 0 Å². The van der Waals surface area contributed by atoms with Crippen LogP contribution in [0.3, 0.4) is 0 Å². The molecule has 0 unspecified atom stereocenters. The van der Waals surface area contributed by atoms with Crippen molar-refractivity contribution in [1.82, 2.24) is 0 Å². The Labute approximate surface area is 73.4 Å². The third-order valence-corrected chi connectivity index (χ3v) is 2.23. The molecule has 1 rings (SSSR count). The molecule has 0 aliphatic heterocycles. The maximum atomic E-state index is 13.1. The number of thioether (sulfide) groups is 1. The SMILES string of the molecule is CSc1c(O)ccc(C=O)c1F. The van der Waals surface area contributed by atoms with E-state index in [-0.39, 0.29) is 16.2 Å². The van der Waals surface area contributed by atoms with E-state index in [1.165, 1.54) is 12.1 Å². The van der Waals surface area contributed by atoms with Gasteiger partial charge in [-0.15, -0.1) is 11.8 Å². The van der Waals surface area contributed by atoms with Gasteiger partial charge in [0.1, 0.15) is 5.75 Å². The van der Waals surface area contributed by atoms with E-state index in [1.807, 2.05) is 0 Å². The smallest absolute Gasteiger partial charge is 0.153 e. The molecule has 0 spiro atoms. The van der Waals surface area contributed by atoms with Gasteiger partial charge in [0.05, 0.1) is 10.5 Å². The zero-order valence-electron chi connectivity index (χ0n) is 6.37. The van der Waals surface area contributed by atoms with E-state index in [4.69, 9.17) is 5.11 Å². The number of aldehydes is 1. The molecule has 0 atom stereocenters. The third kappa shape index (κ3) is 1.43. The van der Waals surface area contributed by atoms with E-state index < -0.39 is 5.82 Å². The molecule has 0 amide bonds. The predicted molar refractivity (Wildman–Crippen MR) is 45.2 cm³/mol. The van der Waals surface area contributed by atoms with Crippen molar-refractivity contribution in [1.29, 1.82) is 0 Å². The van der Waals surface area contributed by atoms with E-state index >= 15 is 0 Å². The molecule has 0 aliphatic rings. The quantitative estimate of drug-likeness (QED) is 0.567. The fraction of sp³-hybridized carbons (Fsp3) is 0.125. The summed E-state index contributed by atoms with van der Waals surface area (Å²) in [6, 6.07) is 2.55. The standard InChI is InChI=1S/C8H7FO2S/c1-12-8-6(11)3-2-5(4-10)7(8)9/h2-4,11H,1H3. The average Bonchev–Trinajstić information content (AvgIpc) is 2.06. The lowest BCUT2D eigenvalue weighted by Crippen LogP contribution is -1.90. The summed E-state index contributed by atoms with van der Waals surface area (Å²) in [7, 11) is 0. The zero-order chi connectivity index (χ0) is 9.14. The second-order valence-electron chi connectivity index (χ2n) is 2.14. The molecule has 0 heterocycles. The van der Waals surface area contributed by atoms with Crippen molar-refractivity contribution in [3.05, 3.63) is 23.5 Å². The minimum atomic E-state index is -0.655. The number of halogens is 1. The summed E-state index contributed by atoms with van der Waals surface area (Å²) in [6.07, 6.45) is 2.06. The van der Waals surface area contributed by atoms with E-state index in [1.54, 1.807) is 6.26 Å². The number of carbonyl (C=O) groups is 1. The predicted octanol–water partition coefficient (Wildman–Crippen LogP) is 2.07. The first-order valence-corrected chi connectivity index (χ1v) is 4.43. The number of rotatable bonds is 2. The lowest BCUT2D eigenvalue weighted by Gasteiger charge is -2.03. The number of aromatic hydroxyl groups is 1. The largest absolute Gasteiger partial charge is 0.507 e. The Balaban J connectivity index is 3.33. The van der Waals surface area contributed by atoms with Crippen molar-refractivity contribution >= 4 is 18.0 Å². The van der Waals surface area contributed by atoms with Crippen molar-refractivity contribution in [3.8, 4) is 5.75 Å². The van der Waals surface area contributed by atoms with E-state index in [2.05, 4.69) is 0 Å². The molecule has 1 aromatic rings. The summed E-state index contributed by atoms with van der Waals surface area (Å²) in [6.45, 7) is 0. The van der Waals surface area contributed by atoms with Crippen LogP contribution in [0.1, 0.15) is 10.4 Å². The average molecular weight is 186 g/mol. The molecule has 1 N–H and O–H groups in total. The highest BCUT2D eigenvalue weighted by atomic mass is 32.2. The molecule has 0 saturated carbocycles. The van der Waals surface area contributed by atoms with Gasteiger partial charge >= 0.3 is 0 Å². The lowest BCUT2D eigenvalue weighted by molar-refractivity contribution is 0.111. The maximum absolute atomic E-state index is 13.1. The van der Waals surface area contributed by atoms with Crippen LogP contribution in [-0.4, -0.2) is 17.6 Å². The minimum Gasteiger partial charge on any atom is -0.507 e. The van der Waals surface area contributed by atoms with Gasteiger partial charge in [0.15, 0.2) is 12.1 Å². The summed E-state index contributed by atoms with van der Waals surface area (Å²) in [5.74, 6) is -0.789. The first-order chi connectivity index (χ1) is 5.70. The highest BCUT2D eigenvalue weighted by Gasteiger charge is 2.10. The number of carbonyl (C=O) groups excluding carboxylic acids is 1. The van der Waals surface area contributed by atoms with Gasteiger partial charge in [0.25, 0.3) is 0 Å². The number of hydrogen-bond acceptors (Lipinski definition) is 3. The molecule has 0 radical (unpaired) electrons. The number of hydrogen-bond donors (Lipinski definition) is 1. The first kappa shape index (κ1) is 9.06. The normalized spacial score (nSPS) is 9.83. The van der Waals surface area contributed by atoms with Gasteiger partial charge in [-0.25, -0.2) is 4.39 Å². The van der Waals surface area contributed by atoms with E-state index in [9.17, 15) is 9.18 Å². The van der Waals surface area contributed by atoms with Gasteiger partial charge < -0.3 is 5.11 Å². The molecule has 64 valence electrons. The van der Waals surface area contributed by atoms with Crippen LogP contribution in [0.4, 0.5) is 4.39 Å². The van der Waals surface area contributed by atoms with Crippen molar-refractivity contribution in [2.75, 3.05) is 6.26 Å². The van der Waals surface area contributed by atoms with Crippen LogP contribution in [0, 0.1) is 5.82 Å². The molecule has 0 aliphatic carbocycles. The molecule has 12 heavy (non-hydrogen) atoms. The molecule has 2 nitrogen and oxygen atoms in total. The summed E-state index contributed by atoms with van der Waals surface area (Å²) in [5, 5.41) is 9.13. The Hall–Kier alpha value is -1.03. The number of benzene rings is 1. The monoisotopic (exact) mass is 186 g/mol. The number of phenols is 1. The molecule has 0 bridgehead atoms. The Morgan fingerprint density at radius 1 is 1.58 bits per heavy atom. The highest BCUT2D eigenvalue weighted by Crippen LogP contribution is 2.30. The van der Waals surface area contributed by atoms with Crippen molar-refractivity contribution in [3.63, 3.8) is 0 Å². The van der Waals surface area contributed by atoms with Crippen molar-refractivity contribution < 1.29 is 14.3 Å². The molecule has 4 heteroatoms. The number of phenolic OH excluding ortho intramolecular Hbond substituents is 1. The summed E-state index contributed by atoms with van der Waals surface area (Å²) in [5.41, 5.74) is -0.0304. The summed E-state index contributed by atoms with van der Waals surface area (Å²) >= 11 is 1.07. The highest BCUT2D eigenvalue weighted by molar-refractivity contribution is 7.98. The summed E-state index contributed by atoms with van der Waals surface area (Å²) in [4.78, 5) is 10.4. The molecular formula is C8H7FO2S. The molecule has 1 aromatic carbocycles. The Kier molecular flexibility index (Phi) is 2.70. The fourth-order valence-corrected chi connectivity index (χ4v) is 1.42. The Bertz CT molecular complexity index is 312. The summed E-state index contributed by atoms with van der Waals surface area (Å²) < 4.78 is 13.1. The van der Waals surface area contributed by atoms with Crippen molar-refractivity contribution in [2.24, 2.45) is 0 Å². The lowest BCUT2D eigenvalue weighted by atomic mass is 10.2. The Morgan fingerprint density at radius 3 is 2.75 bits per heavy atom. The molecular weight excluding hydrogens is 179 g/mol. The first-order valence-electron chi connectivity index (χ1n) is 3.21. The van der Waals surface area contributed by atoms with Gasteiger partial charge in [-0.1, -0.05) is 0 Å². The molecule has 0 aromatic heterocycles. The fourth-order valence-electron chi connectivity index (χ4n) is 0.846. The van der Waals surface area contributed by atoms with Gasteiger partial charge in [-0.05, 0) is 18.4 Å². The Morgan fingerprint density at radius 2 is 2.25 bits per heavy atom. The van der Waals surface area contributed by atoms with Crippen LogP contribution in [0.5, 0.6) is 5.75 Å². The zero-order valence-corrected chi connectivity index (χ0v) is 7.19. The van der Waals surface area contributed by atoms with E-state index in [0.717, 1.165) is 11.8 Å². The van der Waals surface area contributed by atoms with Crippen LogP contribution < -0.4 is 0 Å².